The molecule has 114 valence electrons. The molecule has 1 aromatic carbocycles. The quantitative estimate of drug-likeness (QED) is 0.863. The average molecular weight is 293 g/mol. The molecule has 0 radical (unpaired) electrons. The van der Waals surface area contributed by atoms with E-state index < -0.39 is 24.0 Å². The highest BCUT2D eigenvalue weighted by Gasteiger charge is 2.29. The maximum Gasteiger partial charge on any atom is 0.330 e. The number of aliphatic carboxylic acids is 1. The highest BCUT2D eigenvalue weighted by Crippen LogP contribution is 2.21. The summed E-state index contributed by atoms with van der Waals surface area (Å²) < 4.78 is 10.4. The zero-order valence-corrected chi connectivity index (χ0v) is 12.1. The molecule has 1 saturated heterocycles. The second-order valence-corrected chi connectivity index (χ2v) is 5.00. The largest absolute Gasteiger partial charge is 0.479 e. The van der Waals surface area contributed by atoms with Crippen LogP contribution in [0.3, 0.4) is 0 Å². The fraction of sp³-hybridized carbons (Fsp3) is 0.467. The van der Waals surface area contributed by atoms with E-state index in [0.29, 0.717) is 18.8 Å². The van der Waals surface area contributed by atoms with Crippen LogP contribution < -0.4 is 5.32 Å². The minimum atomic E-state index is -1.10. The van der Waals surface area contributed by atoms with Gasteiger partial charge in [0, 0.05) is 0 Å². The number of aryl methyl sites for hydroxylation is 1. The summed E-state index contributed by atoms with van der Waals surface area (Å²) in [6.07, 6.45) is -0.759. The molecule has 1 amide bonds. The number of benzene rings is 1. The molecule has 6 heteroatoms. The van der Waals surface area contributed by atoms with Gasteiger partial charge in [0.15, 0.2) is 12.1 Å². The monoisotopic (exact) mass is 293 g/mol. The molecule has 2 atom stereocenters. The fourth-order valence-corrected chi connectivity index (χ4v) is 2.23. The standard InChI is InChI=1S/C15H19NO5/c1-9-4-3-5-11(10(9)2)13(15(18)19)16-14(17)12-8-20-6-7-21-12/h3-5,12-13H,6-8H2,1-2H3,(H,16,17)(H,18,19). The minimum Gasteiger partial charge on any atom is -0.479 e. The van der Waals surface area contributed by atoms with Crippen LogP contribution >= 0.6 is 0 Å². The Morgan fingerprint density at radius 1 is 1.33 bits per heavy atom. The van der Waals surface area contributed by atoms with Crippen molar-refractivity contribution in [3.8, 4) is 0 Å². The fourth-order valence-electron chi connectivity index (χ4n) is 2.23. The van der Waals surface area contributed by atoms with Crippen molar-refractivity contribution in [2.24, 2.45) is 0 Å². The zero-order valence-electron chi connectivity index (χ0n) is 12.1. The van der Waals surface area contributed by atoms with Crippen LogP contribution in [-0.2, 0) is 19.1 Å². The van der Waals surface area contributed by atoms with Crippen molar-refractivity contribution in [2.75, 3.05) is 19.8 Å². The number of carbonyl (C=O) groups excluding carboxylic acids is 1. The predicted octanol–water partition coefficient (Wildman–Crippen LogP) is 0.961. The lowest BCUT2D eigenvalue weighted by molar-refractivity contribution is -0.152. The van der Waals surface area contributed by atoms with E-state index in [4.69, 9.17) is 9.47 Å². The smallest absolute Gasteiger partial charge is 0.330 e. The van der Waals surface area contributed by atoms with Gasteiger partial charge in [0.25, 0.3) is 5.91 Å². The maximum atomic E-state index is 12.1. The van der Waals surface area contributed by atoms with E-state index in [-0.39, 0.29) is 6.61 Å². The molecule has 2 unspecified atom stereocenters. The number of carboxylic acid groups (broad SMARTS) is 1. The Balaban J connectivity index is 2.17. The molecule has 1 aliphatic heterocycles. The summed E-state index contributed by atoms with van der Waals surface area (Å²) in [6.45, 7) is 4.66. The molecule has 2 N–H and O–H groups in total. The number of amides is 1. The molecular formula is C15H19NO5. The van der Waals surface area contributed by atoms with Crippen molar-refractivity contribution in [1.29, 1.82) is 0 Å². The first-order valence-electron chi connectivity index (χ1n) is 6.79. The Morgan fingerprint density at radius 2 is 2.10 bits per heavy atom. The number of hydrogen-bond acceptors (Lipinski definition) is 4. The van der Waals surface area contributed by atoms with Gasteiger partial charge >= 0.3 is 5.97 Å². The van der Waals surface area contributed by atoms with Gasteiger partial charge < -0.3 is 19.9 Å². The van der Waals surface area contributed by atoms with Gasteiger partial charge in [-0.25, -0.2) is 4.79 Å². The van der Waals surface area contributed by atoms with E-state index in [9.17, 15) is 14.7 Å². The summed E-state index contributed by atoms with van der Waals surface area (Å²) in [5.41, 5.74) is 2.41. The minimum absolute atomic E-state index is 0.144. The Kier molecular flexibility index (Phi) is 4.93. The van der Waals surface area contributed by atoms with Gasteiger partial charge in [0.2, 0.25) is 0 Å². The second kappa shape index (κ2) is 6.69. The number of rotatable bonds is 4. The highest BCUT2D eigenvalue weighted by atomic mass is 16.6. The van der Waals surface area contributed by atoms with Crippen LogP contribution in [0.25, 0.3) is 0 Å². The first kappa shape index (κ1) is 15.5. The molecule has 1 fully saturated rings. The molecule has 1 aromatic rings. The lowest BCUT2D eigenvalue weighted by Crippen LogP contribution is -2.45. The number of ether oxygens (including phenoxy) is 2. The summed E-state index contributed by atoms with van der Waals surface area (Å²) in [5, 5.41) is 11.9. The highest BCUT2D eigenvalue weighted by molar-refractivity contribution is 5.87. The second-order valence-electron chi connectivity index (χ2n) is 5.00. The molecule has 0 saturated carbocycles. The Bertz CT molecular complexity index is 537. The molecule has 1 heterocycles. The van der Waals surface area contributed by atoms with Crippen molar-refractivity contribution < 1.29 is 24.2 Å². The molecule has 21 heavy (non-hydrogen) atoms. The molecule has 0 spiro atoms. The molecule has 2 rings (SSSR count). The summed E-state index contributed by atoms with van der Waals surface area (Å²) in [6, 6.07) is 4.29. The molecule has 6 nitrogen and oxygen atoms in total. The molecule has 1 aliphatic rings. The van der Waals surface area contributed by atoms with E-state index in [1.54, 1.807) is 12.1 Å². The van der Waals surface area contributed by atoms with Crippen LogP contribution in [0, 0.1) is 13.8 Å². The Labute approximate surface area is 123 Å². The van der Waals surface area contributed by atoms with Crippen molar-refractivity contribution in [2.45, 2.75) is 26.0 Å². The third-order valence-electron chi connectivity index (χ3n) is 3.60. The van der Waals surface area contributed by atoms with Crippen LogP contribution in [0.15, 0.2) is 18.2 Å². The molecular weight excluding hydrogens is 274 g/mol. The van der Waals surface area contributed by atoms with E-state index in [1.165, 1.54) is 0 Å². The van der Waals surface area contributed by atoms with Crippen molar-refractivity contribution in [1.82, 2.24) is 5.32 Å². The third-order valence-corrected chi connectivity index (χ3v) is 3.60. The van der Waals surface area contributed by atoms with Gasteiger partial charge in [-0.05, 0) is 30.5 Å². The van der Waals surface area contributed by atoms with E-state index in [2.05, 4.69) is 5.32 Å². The molecule has 0 aliphatic carbocycles. The lowest BCUT2D eigenvalue weighted by Gasteiger charge is -2.25. The lowest BCUT2D eigenvalue weighted by atomic mass is 9.97. The first-order chi connectivity index (χ1) is 10.0. The van der Waals surface area contributed by atoms with Gasteiger partial charge in [0.1, 0.15) is 0 Å². The summed E-state index contributed by atoms with van der Waals surface area (Å²) in [7, 11) is 0. The van der Waals surface area contributed by atoms with Crippen molar-refractivity contribution in [3.05, 3.63) is 34.9 Å². The summed E-state index contributed by atoms with van der Waals surface area (Å²) >= 11 is 0. The zero-order chi connectivity index (χ0) is 15.4. The van der Waals surface area contributed by atoms with Crippen LogP contribution in [0.4, 0.5) is 0 Å². The van der Waals surface area contributed by atoms with Crippen LogP contribution in [-0.4, -0.2) is 42.9 Å². The van der Waals surface area contributed by atoms with Crippen molar-refractivity contribution in [3.63, 3.8) is 0 Å². The predicted molar refractivity (Wildman–Crippen MR) is 75.0 cm³/mol. The van der Waals surface area contributed by atoms with Gasteiger partial charge in [-0.2, -0.15) is 0 Å². The van der Waals surface area contributed by atoms with Crippen LogP contribution in [0.1, 0.15) is 22.7 Å². The van der Waals surface area contributed by atoms with Gasteiger partial charge in [0.05, 0.1) is 19.8 Å². The third kappa shape index (κ3) is 3.59. The summed E-state index contributed by atoms with van der Waals surface area (Å²) in [5.74, 6) is -1.57. The average Bonchev–Trinajstić information content (AvgIpc) is 2.48. The van der Waals surface area contributed by atoms with Crippen LogP contribution in [0.5, 0.6) is 0 Å². The number of carboxylic acids is 1. The van der Waals surface area contributed by atoms with E-state index in [1.807, 2.05) is 19.9 Å². The van der Waals surface area contributed by atoms with E-state index in [0.717, 1.165) is 11.1 Å². The maximum absolute atomic E-state index is 12.1. The Hall–Kier alpha value is -1.92. The SMILES string of the molecule is Cc1cccc(C(NC(=O)C2COCCO2)C(=O)O)c1C. The van der Waals surface area contributed by atoms with Gasteiger partial charge in [-0.3, -0.25) is 4.79 Å². The number of nitrogens with one attached hydrogen (secondary N) is 1. The van der Waals surface area contributed by atoms with E-state index >= 15 is 0 Å². The van der Waals surface area contributed by atoms with Gasteiger partial charge in [-0.1, -0.05) is 18.2 Å². The first-order valence-corrected chi connectivity index (χ1v) is 6.79. The van der Waals surface area contributed by atoms with Crippen molar-refractivity contribution >= 4 is 11.9 Å². The number of carbonyl (C=O) groups is 2. The normalized spacial score (nSPS) is 19.8. The molecule has 0 bridgehead atoms. The number of hydrogen-bond donors (Lipinski definition) is 2. The van der Waals surface area contributed by atoms with Crippen LogP contribution in [0.2, 0.25) is 0 Å². The molecule has 0 aromatic heterocycles. The van der Waals surface area contributed by atoms with Gasteiger partial charge in [-0.15, -0.1) is 0 Å². The summed E-state index contributed by atoms with van der Waals surface area (Å²) in [4.78, 5) is 23.6. The topological polar surface area (TPSA) is 84.9 Å². The Morgan fingerprint density at radius 3 is 2.71 bits per heavy atom.